The zero-order valence-electron chi connectivity index (χ0n) is 12.7. The zero-order valence-corrected chi connectivity index (χ0v) is 14.3. The Morgan fingerprint density at radius 3 is 3.09 bits per heavy atom. The molecule has 118 valence electrons. The summed E-state index contributed by atoms with van der Waals surface area (Å²) in [6, 6.07) is 2.57. The maximum absolute atomic E-state index is 6.33. The topological polar surface area (TPSA) is 47.3 Å². The van der Waals surface area contributed by atoms with Crippen LogP contribution in [0.25, 0.3) is 0 Å². The molecule has 2 aliphatic rings. The third-order valence-corrected chi connectivity index (χ3v) is 6.19. The van der Waals surface area contributed by atoms with Crippen LogP contribution in [-0.2, 0) is 16.8 Å². The minimum Gasteiger partial charge on any atom is -0.447 e. The van der Waals surface area contributed by atoms with Gasteiger partial charge in [0.25, 0.3) is 0 Å². The van der Waals surface area contributed by atoms with E-state index in [-0.39, 0.29) is 11.6 Å². The molecule has 6 heteroatoms. The summed E-state index contributed by atoms with van der Waals surface area (Å²) in [6.07, 6.45) is 4.29. The van der Waals surface area contributed by atoms with E-state index in [1.807, 2.05) is 6.92 Å². The highest BCUT2D eigenvalue weighted by atomic mass is 35.5. The van der Waals surface area contributed by atoms with E-state index in [2.05, 4.69) is 23.3 Å². The molecular weight excluding hydrogens is 320 g/mol. The van der Waals surface area contributed by atoms with Gasteiger partial charge < -0.3 is 14.5 Å². The van der Waals surface area contributed by atoms with E-state index in [0.717, 1.165) is 41.7 Å². The van der Waals surface area contributed by atoms with Crippen LogP contribution in [-0.4, -0.2) is 17.6 Å². The fraction of sp³-hybridized carbons (Fsp3) is 0.562. The molecule has 1 fully saturated rings. The quantitative estimate of drug-likeness (QED) is 0.854. The van der Waals surface area contributed by atoms with Gasteiger partial charge in [-0.1, -0.05) is 11.6 Å². The highest BCUT2D eigenvalue weighted by Crippen LogP contribution is 2.50. The first-order valence-corrected chi connectivity index (χ1v) is 8.85. The van der Waals surface area contributed by atoms with Crippen molar-refractivity contribution in [2.75, 3.05) is 6.61 Å². The Balaban J connectivity index is 1.74. The maximum atomic E-state index is 6.33. The van der Waals surface area contributed by atoms with Gasteiger partial charge in [-0.05, 0) is 38.3 Å². The van der Waals surface area contributed by atoms with Crippen LogP contribution in [0, 0.1) is 6.92 Å². The van der Waals surface area contributed by atoms with Gasteiger partial charge >= 0.3 is 0 Å². The number of thiophene rings is 1. The molecule has 2 aliphatic heterocycles. The van der Waals surface area contributed by atoms with Crippen LogP contribution in [0.3, 0.4) is 0 Å². The predicted octanol–water partition coefficient (Wildman–Crippen LogP) is 3.98. The number of aromatic nitrogens is 1. The van der Waals surface area contributed by atoms with Gasteiger partial charge in [0.05, 0.1) is 22.7 Å². The summed E-state index contributed by atoms with van der Waals surface area (Å²) in [6.45, 7) is 4.95. The molecule has 4 rings (SSSR count). The number of halogens is 1. The maximum Gasteiger partial charge on any atom is 0.181 e. The summed E-state index contributed by atoms with van der Waals surface area (Å²) in [4.78, 5) is 5.54. The monoisotopic (exact) mass is 338 g/mol. The number of nitrogens with one attached hydrogen (secondary N) is 1. The lowest BCUT2D eigenvalue weighted by Crippen LogP contribution is -2.49. The number of oxazole rings is 1. The van der Waals surface area contributed by atoms with Crippen LogP contribution in [0.5, 0.6) is 0 Å². The van der Waals surface area contributed by atoms with Crippen LogP contribution < -0.4 is 5.32 Å². The van der Waals surface area contributed by atoms with Gasteiger partial charge in [0.2, 0.25) is 0 Å². The molecule has 2 aromatic rings. The Morgan fingerprint density at radius 1 is 1.45 bits per heavy atom. The molecule has 2 aromatic heterocycles. The molecule has 22 heavy (non-hydrogen) atoms. The smallest absolute Gasteiger partial charge is 0.181 e. The number of nitrogens with zero attached hydrogens (tertiary/aromatic N) is 1. The van der Waals surface area contributed by atoms with Crippen LogP contribution in [0.15, 0.2) is 16.9 Å². The third kappa shape index (κ3) is 2.31. The summed E-state index contributed by atoms with van der Waals surface area (Å²) in [5, 5.41) is 3.63. The van der Waals surface area contributed by atoms with E-state index in [4.69, 9.17) is 20.8 Å². The average molecular weight is 339 g/mol. The van der Waals surface area contributed by atoms with Gasteiger partial charge in [-0.2, -0.15) is 0 Å². The number of rotatable bonds is 1. The van der Waals surface area contributed by atoms with Gasteiger partial charge in [-0.3, -0.25) is 0 Å². The SMILES string of the molecule is Cc1ncoc1C1CC2(CC(C)N1)OCCc1cc(Cl)sc12. The molecule has 0 aliphatic carbocycles. The lowest BCUT2D eigenvalue weighted by atomic mass is 9.79. The van der Waals surface area contributed by atoms with E-state index in [1.165, 1.54) is 16.8 Å². The van der Waals surface area contributed by atoms with Gasteiger partial charge in [0.1, 0.15) is 11.4 Å². The molecule has 4 nitrogen and oxygen atoms in total. The summed E-state index contributed by atoms with van der Waals surface area (Å²) < 4.78 is 12.8. The Morgan fingerprint density at radius 2 is 2.32 bits per heavy atom. The summed E-state index contributed by atoms with van der Waals surface area (Å²) in [5.74, 6) is 0.921. The summed E-state index contributed by atoms with van der Waals surface area (Å²) in [5.41, 5.74) is 2.05. The molecule has 0 amide bonds. The highest BCUT2D eigenvalue weighted by molar-refractivity contribution is 7.16. The lowest BCUT2D eigenvalue weighted by molar-refractivity contribution is -0.0970. The minimum absolute atomic E-state index is 0.123. The van der Waals surface area contributed by atoms with Crippen LogP contribution in [0.2, 0.25) is 4.34 Å². The molecule has 3 atom stereocenters. The van der Waals surface area contributed by atoms with Crippen LogP contribution in [0.4, 0.5) is 0 Å². The number of hydrogen-bond acceptors (Lipinski definition) is 5. The van der Waals surface area contributed by atoms with Crippen molar-refractivity contribution in [3.8, 4) is 0 Å². The van der Waals surface area contributed by atoms with Crippen LogP contribution >= 0.6 is 22.9 Å². The van der Waals surface area contributed by atoms with Crippen molar-refractivity contribution < 1.29 is 9.15 Å². The first-order valence-electron chi connectivity index (χ1n) is 7.66. The van der Waals surface area contributed by atoms with Gasteiger partial charge in [0, 0.05) is 17.3 Å². The molecule has 0 saturated carbocycles. The third-order valence-electron chi connectivity index (χ3n) is 4.70. The van der Waals surface area contributed by atoms with Gasteiger partial charge in [-0.15, -0.1) is 11.3 Å². The average Bonchev–Trinajstić information content (AvgIpc) is 3.04. The molecular formula is C16H19ClN2O2S. The van der Waals surface area contributed by atoms with Crippen molar-refractivity contribution in [3.05, 3.63) is 38.7 Å². The van der Waals surface area contributed by atoms with Gasteiger partial charge in [0.15, 0.2) is 6.39 Å². The Hall–Kier alpha value is -0.880. The second-order valence-electron chi connectivity index (χ2n) is 6.33. The second-order valence-corrected chi connectivity index (χ2v) is 8.01. The highest BCUT2D eigenvalue weighted by Gasteiger charge is 2.47. The standard InChI is InChI=1S/C16H19ClN2O2S/c1-9-6-16(7-12(19-9)14-10(2)18-8-20-14)15-11(3-4-21-16)5-13(17)22-15/h5,8-9,12,19H,3-4,6-7H2,1-2H3. The van der Waals surface area contributed by atoms with Crippen molar-refractivity contribution in [2.24, 2.45) is 0 Å². The molecule has 3 unspecified atom stereocenters. The summed E-state index contributed by atoms with van der Waals surface area (Å²) in [7, 11) is 0. The molecule has 0 radical (unpaired) electrons. The van der Waals surface area contributed by atoms with Crippen molar-refractivity contribution in [1.82, 2.24) is 10.3 Å². The van der Waals surface area contributed by atoms with E-state index in [9.17, 15) is 0 Å². The second kappa shape index (κ2) is 5.34. The van der Waals surface area contributed by atoms with Gasteiger partial charge in [-0.25, -0.2) is 4.98 Å². The largest absolute Gasteiger partial charge is 0.447 e. The summed E-state index contributed by atoms with van der Waals surface area (Å²) >= 11 is 7.94. The van der Waals surface area contributed by atoms with E-state index in [1.54, 1.807) is 11.3 Å². The predicted molar refractivity (Wildman–Crippen MR) is 86.5 cm³/mol. The molecule has 0 aromatic carbocycles. The Bertz CT molecular complexity index is 698. The van der Waals surface area contributed by atoms with Crippen molar-refractivity contribution >= 4 is 22.9 Å². The number of hydrogen-bond donors (Lipinski definition) is 1. The molecule has 1 N–H and O–H groups in total. The number of fused-ring (bicyclic) bond motifs is 2. The van der Waals surface area contributed by atoms with Crippen molar-refractivity contribution in [1.29, 1.82) is 0 Å². The lowest BCUT2D eigenvalue weighted by Gasteiger charge is -2.45. The van der Waals surface area contributed by atoms with Crippen LogP contribution in [0.1, 0.15) is 47.7 Å². The first kappa shape index (κ1) is 14.7. The molecule has 0 bridgehead atoms. The number of aryl methyl sites for hydroxylation is 1. The molecule has 1 spiro atoms. The number of piperidine rings is 1. The normalized spacial score (nSPS) is 31.4. The van der Waals surface area contributed by atoms with Crippen molar-refractivity contribution in [2.45, 2.75) is 50.8 Å². The fourth-order valence-corrected chi connectivity index (χ4v) is 5.34. The van der Waals surface area contributed by atoms with E-state index < -0.39 is 0 Å². The Labute approximate surface area is 138 Å². The minimum atomic E-state index is -0.250. The number of ether oxygens (including phenoxy) is 1. The first-order chi connectivity index (χ1) is 10.6. The van der Waals surface area contributed by atoms with E-state index in [0.29, 0.717) is 6.04 Å². The molecule has 4 heterocycles. The molecule has 1 saturated heterocycles. The fourth-order valence-electron chi connectivity index (χ4n) is 3.87. The Kier molecular flexibility index (Phi) is 3.57. The van der Waals surface area contributed by atoms with E-state index >= 15 is 0 Å². The zero-order chi connectivity index (χ0) is 15.3. The van der Waals surface area contributed by atoms with Crippen molar-refractivity contribution in [3.63, 3.8) is 0 Å².